The Bertz CT molecular complexity index is 935. The number of urea groups is 1. The second-order valence-electron chi connectivity index (χ2n) is 6.50. The molecule has 2 aromatic rings. The van der Waals surface area contributed by atoms with Crippen LogP contribution in [0.5, 0.6) is 11.5 Å². The van der Waals surface area contributed by atoms with E-state index in [1.54, 1.807) is 6.92 Å². The zero-order chi connectivity index (χ0) is 22.1. The molecule has 0 aliphatic carbocycles. The van der Waals surface area contributed by atoms with Gasteiger partial charge in [0.2, 0.25) is 5.72 Å². The number of thiophene rings is 1. The number of ether oxygens (including phenoxy) is 2. The normalized spacial score (nSPS) is 24.0. The van der Waals surface area contributed by atoms with Crippen LogP contribution in [-0.4, -0.2) is 42.5 Å². The summed E-state index contributed by atoms with van der Waals surface area (Å²) in [5, 5.41) is 15.9. The molecule has 0 radical (unpaired) electrons. The number of alkyl halides is 3. The van der Waals surface area contributed by atoms with Gasteiger partial charge < -0.3 is 25.2 Å². The molecule has 7 nitrogen and oxygen atoms in total. The average molecular weight is 444 g/mol. The lowest BCUT2D eigenvalue weighted by atomic mass is 9.78. The molecule has 3 N–H and O–H groups in total. The van der Waals surface area contributed by atoms with E-state index in [1.165, 1.54) is 48.1 Å². The summed E-state index contributed by atoms with van der Waals surface area (Å²) >= 11 is 0.938. The summed E-state index contributed by atoms with van der Waals surface area (Å²) in [4.78, 5) is 25.1. The summed E-state index contributed by atoms with van der Waals surface area (Å²) < 4.78 is 52.2. The Hall–Kier alpha value is -2.79. The summed E-state index contributed by atoms with van der Waals surface area (Å²) in [6.45, 7) is 2.08. The molecule has 1 aliphatic heterocycles. The smallest absolute Gasteiger partial charge is 0.437 e. The van der Waals surface area contributed by atoms with E-state index in [2.05, 4.69) is 5.32 Å². The van der Waals surface area contributed by atoms with Crippen molar-refractivity contribution in [2.45, 2.75) is 24.9 Å². The van der Waals surface area contributed by atoms with Crippen LogP contribution in [0.3, 0.4) is 0 Å². The highest BCUT2D eigenvalue weighted by Gasteiger charge is 2.66. The fourth-order valence-electron chi connectivity index (χ4n) is 3.34. The zero-order valence-electron chi connectivity index (χ0n) is 15.9. The highest BCUT2D eigenvalue weighted by atomic mass is 32.1. The summed E-state index contributed by atoms with van der Waals surface area (Å²) in [6.07, 6.45) is -5.31. The molecule has 1 aromatic heterocycles. The first kappa shape index (κ1) is 21.9. The molecule has 2 amide bonds. The first-order valence-electron chi connectivity index (χ1n) is 8.88. The highest BCUT2D eigenvalue weighted by molar-refractivity contribution is 7.12. The number of halogens is 3. The number of Topliss-reactive ketones (excluding diaryl/α,β-unsaturated/α-hetero) is 1. The molecule has 162 valence electrons. The molecule has 3 atom stereocenters. The van der Waals surface area contributed by atoms with Gasteiger partial charge in [0.15, 0.2) is 17.3 Å². The largest absolute Gasteiger partial charge is 0.493 e. The Morgan fingerprint density at radius 2 is 2.03 bits per heavy atom. The van der Waals surface area contributed by atoms with E-state index in [0.717, 1.165) is 11.3 Å². The SMILES string of the molecule is CCOc1ccc([C@@H]2NC(=O)N[C@](O)(C(F)(F)F)[C@@H]2C(=O)c2cccs2)cc1OC. The summed E-state index contributed by atoms with van der Waals surface area (Å²) in [5.74, 6) is -2.50. The Kier molecular flexibility index (Phi) is 5.95. The van der Waals surface area contributed by atoms with Gasteiger partial charge in [0, 0.05) is 0 Å². The number of methoxy groups -OCH3 is 1. The van der Waals surface area contributed by atoms with Crippen LogP contribution in [0.25, 0.3) is 0 Å². The molecule has 1 fully saturated rings. The van der Waals surface area contributed by atoms with Crippen molar-refractivity contribution in [2.75, 3.05) is 13.7 Å². The van der Waals surface area contributed by atoms with E-state index in [9.17, 15) is 27.9 Å². The lowest BCUT2D eigenvalue weighted by Crippen LogP contribution is -2.72. The third-order valence-corrected chi connectivity index (χ3v) is 5.58. The van der Waals surface area contributed by atoms with Crippen molar-refractivity contribution in [1.82, 2.24) is 10.6 Å². The quantitative estimate of drug-likeness (QED) is 0.595. The van der Waals surface area contributed by atoms with Gasteiger partial charge in [-0.05, 0) is 36.1 Å². The van der Waals surface area contributed by atoms with E-state index in [-0.39, 0.29) is 16.2 Å². The number of hydrogen-bond donors (Lipinski definition) is 3. The predicted octanol–water partition coefficient (Wildman–Crippen LogP) is 3.26. The summed E-state index contributed by atoms with van der Waals surface area (Å²) in [7, 11) is 1.35. The molecule has 0 bridgehead atoms. The minimum absolute atomic E-state index is 0.0172. The maximum Gasteiger partial charge on any atom is 0.437 e. The molecule has 0 spiro atoms. The molecule has 1 saturated heterocycles. The van der Waals surface area contributed by atoms with Gasteiger partial charge >= 0.3 is 12.2 Å². The minimum atomic E-state index is -5.31. The average Bonchev–Trinajstić information content (AvgIpc) is 3.21. The fourth-order valence-corrected chi connectivity index (χ4v) is 4.05. The van der Waals surface area contributed by atoms with Crippen molar-refractivity contribution in [3.05, 3.63) is 46.2 Å². The Morgan fingerprint density at radius 1 is 1.30 bits per heavy atom. The highest BCUT2D eigenvalue weighted by Crippen LogP contribution is 2.45. The number of amides is 2. The van der Waals surface area contributed by atoms with E-state index in [4.69, 9.17) is 9.47 Å². The zero-order valence-corrected chi connectivity index (χ0v) is 16.8. The molecule has 2 heterocycles. The van der Waals surface area contributed by atoms with E-state index in [1.807, 2.05) is 0 Å². The Morgan fingerprint density at radius 3 is 2.60 bits per heavy atom. The number of benzene rings is 1. The Balaban J connectivity index is 2.14. The molecular formula is C19H19F3N2O5S. The molecule has 0 saturated carbocycles. The Labute approximate surface area is 173 Å². The molecule has 3 rings (SSSR count). The van der Waals surface area contributed by atoms with Crippen molar-refractivity contribution in [1.29, 1.82) is 0 Å². The van der Waals surface area contributed by atoms with Crippen LogP contribution in [0, 0.1) is 5.92 Å². The molecule has 11 heteroatoms. The van der Waals surface area contributed by atoms with Crippen LogP contribution in [0.15, 0.2) is 35.7 Å². The molecule has 1 aliphatic rings. The summed E-state index contributed by atoms with van der Waals surface area (Å²) in [5.41, 5.74) is -3.63. The molecular weight excluding hydrogens is 425 g/mol. The van der Waals surface area contributed by atoms with Gasteiger partial charge in [0.05, 0.1) is 24.6 Å². The number of carbonyl (C=O) groups is 2. The van der Waals surface area contributed by atoms with Gasteiger partial charge in [-0.2, -0.15) is 13.2 Å². The molecule has 30 heavy (non-hydrogen) atoms. The maximum absolute atomic E-state index is 13.9. The lowest BCUT2D eigenvalue weighted by Gasteiger charge is -2.44. The number of ketones is 1. The van der Waals surface area contributed by atoms with Crippen molar-refractivity contribution < 1.29 is 37.3 Å². The van der Waals surface area contributed by atoms with Gasteiger partial charge in [0.1, 0.15) is 5.92 Å². The second kappa shape index (κ2) is 8.15. The van der Waals surface area contributed by atoms with Crippen LogP contribution in [0.2, 0.25) is 0 Å². The van der Waals surface area contributed by atoms with Crippen molar-refractivity contribution in [3.8, 4) is 11.5 Å². The number of nitrogens with one attached hydrogen (secondary N) is 2. The van der Waals surface area contributed by atoms with E-state index < -0.39 is 35.7 Å². The third kappa shape index (κ3) is 3.82. The number of carbonyl (C=O) groups excluding carboxylic acids is 2. The number of rotatable bonds is 6. The van der Waals surface area contributed by atoms with Crippen LogP contribution in [0.1, 0.15) is 28.2 Å². The minimum Gasteiger partial charge on any atom is -0.493 e. The first-order chi connectivity index (χ1) is 14.1. The van der Waals surface area contributed by atoms with Crippen LogP contribution in [-0.2, 0) is 0 Å². The second-order valence-corrected chi connectivity index (χ2v) is 7.45. The van der Waals surface area contributed by atoms with Crippen LogP contribution >= 0.6 is 11.3 Å². The van der Waals surface area contributed by atoms with E-state index >= 15 is 0 Å². The first-order valence-corrected chi connectivity index (χ1v) is 9.76. The third-order valence-electron chi connectivity index (χ3n) is 4.70. The predicted molar refractivity (Wildman–Crippen MR) is 102 cm³/mol. The van der Waals surface area contributed by atoms with Crippen molar-refractivity contribution in [3.63, 3.8) is 0 Å². The van der Waals surface area contributed by atoms with E-state index in [0.29, 0.717) is 12.4 Å². The van der Waals surface area contributed by atoms with Crippen molar-refractivity contribution >= 4 is 23.2 Å². The molecule has 0 unspecified atom stereocenters. The van der Waals surface area contributed by atoms with Crippen LogP contribution < -0.4 is 20.1 Å². The van der Waals surface area contributed by atoms with Crippen LogP contribution in [0.4, 0.5) is 18.0 Å². The van der Waals surface area contributed by atoms with Gasteiger partial charge in [-0.3, -0.25) is 4.79 Å². The topological polar surface area (TPSA) is 96.9 Å². The molecule has 1 aromatic carbocycles. The van der Waals surface area contributed by atoms with Gasteiger partial charge in [-0.15, -0.1) is 11.3 Å². The summed E-state index contributed by atoms with van der Waals surface area (Å²) in [6, 6.07) is 4.37. The number of aliphatic hydroxyl groups is 1. The van der Waals surface area contributed by atoms with Gasteiger partial charge in [-0.25, -0.2) is 4.79 Å². The lowest BCUT2D eigenvalue weighted by molar-refractivity contribution is -0.287. The number of hydrogen-bond acceptors (Lipinski definition) is 6. The fraction of sp³-hybridized carbons (Fsp3) is 0.368. The van der Waals surface area contributed by atoms with Crippen molar-refractivity contribution in [2.24, 2.45) is 5.92 Å². The van der Waals surface area contributed by atoms with Gasteiger partial charge in [0.25, 0.3) is 0 Å². The maximum atomic E-state index is 13.9. The monoisotopic (exact) mass is 444 g/mol. The van der Waals surface area contributed by atoms with Gasteiger partial charge in [-0.1, -0.05) is 12.1 Å². The standard InChI is InChI=1S/C19H19F3N2O5S/c1-3-29-11-7-6-10(9-12(11)28-2)15-14(16(25)13-5-4-8-30-13)18(27,19(20,21)22)24-17(26)23-15/h4-9,14-15,27H,3H2,1-2H3,(H2,23,24,26)/t14-,15-,18+/m0/s1.